The molecule has 0 saturated carbocycles. The predicted molar refractivity (Wildman–Crippen MR) is 147 cm³/mol. The third-order valence-electron chi connectivity index (χ3n) is 5.41. The van der Waals surface area contributed by atoms with Crippen molar-refractivity contribution < 1.29 is 23.5 Å². The highest BCUT2D eigenvalue weighted by Crippen LogP contribution is 2.30. The van der Waals surface area contributed by atoms with E-state index in [1.165, 1.54) is 24.4 Å². The summed E-state index contributed by atoms with van der Waals surface area (Å²) in [6, 6.07) is 15.0. The molecule has 200 valence electrons. The van der Waals surface area contributed by atoms with Crippen LogP contribution in [0.25, 0.3) is 0 Å². The first kappa shape index (κ1) is 28.9. The first-order valence-corrected chi connectivity index (χ1v) is 12.7. The molecule has 2 N–H and O–H groups in total. The van der Waals surface area contributed by atoms with E-state index in [1.54, 1.807) is 56.3 Å². The molecule has 2 amide bonds. The molecule has 0 heterocycles. The molecule has 0 spiro atoms. The zero-order valence-electron chi connectivity index (χ0n) is 21.1. The lowest BCUT2D eigenvalue weighted by atomic mass is 10.0. The Hall–Kier alpha value is -3.62. The van der Waals surface area contributed by atoms with Crippen LogP contribution in [-0.2, 0) is 11.4 Å². The molecule has 3 aromatic carbocycles. The number of halogens is 3. The third kappa shape index (κ3) is 7.94. The second-order valence-electron chi connectivity index (χ2n) is 8.57. The summed E-state index contributed by atoms with van der Waals surface area (Å²) in [4.78, 5) is 25.2. The second kappa shape index (κ2) is 13.8. The Balaban J connectivity index is 1.65. The monoisotopic (exact) mass is 559 g/mol. The van der Waals surface area contributed by atoms with Gasteiger partial charge in [-0.3, -0.25) is 9.59 Å². The van der Waals surface area contributed by atoms with Gasteiger partial charge in [0.25, 0.3) is 11.8 Å². The minimum atomic E-state index is -0.922. The van der Waals surface area contributed by atoms with Gasteiger partial charge in [0, 0.05) is 15.6 Å². The Labute approximate surface area is 230 Å². The third-order valence-corrected chi connectivity index (χ3v) is 6.00. The molecule has 1 unspecified atom stereocenters. The smallest absolute Gasteiger partial charge is 0.262 e. The summed E-state index contributed by atoms with van der Waals surface area (Å²) in [6.07, 6.45) is 1.44. The lowest BCUT2D eigenvalue weighted by Crippen LogP contribution is -2.48. The number of nitrogens with one attached hydrogen (secondary N) is 2. The standard InChI is InChI=1S/C28H28Cl2FN3O4/c1-4-37-25-13-18(9-12-24(25)38-16-19-10-11-20(29)14-22(19)30)15-32-34-28(36)26(17(2)3)33-27(35)21-7-5-6-8-23(21)31/h5-15,17,26H,4,16H2,1-3H3,(H,33,35)(H,34,36). The van der Waals surface area contributed by atoms with Crippen molar-refractivity contribution in [3.05, 3.63) is 93.2 Å². The van der Waals surface area contributed by atoms with E-state index >= 15 is 0 Å². The Morgan fingerprint density at radius 1 is 1.03 bits per heavy atom. The summed E-state index contributed by atoms with van der Waals surface area (Å²) in [6.45, 7) is 6.00. The Kier molecular flexibility index (Phi) is 10.5. The van der Waals surface area contributed by atoms with Gasteiger partial charge in [0.2, 0.25) is 0 Å². The molecule has 0 aliphatic heterocycles. The number of hydrogen-bond donors (Lipinski definition) is 2. The molecule has 10 heteroatoms. The molecule has 0 aliphatic rings. The van der Waals surface area contributed by atoms with Gasteiger partial charge in [0.1, 0.15) is 18.5 Å². The van der Waals surface area contributed by atoms with Gasteiger partial charge in [-0.1, -0.05) is 55.2 Å². The van der Waals surface area contributed by atoms with Crippen LogP contribution in [0.3, 0.4) is 0 Å². The lowest BCUT2D eigenvalue weighted by Gasteiger charge is -2.20. The van der Waals surface area contributed by atoms with E-state index in [1.807, 2.05) is 6.92 Å². The minimum Gasteiger partial charge on any atom is -0.490 e. The van der Waals surface area contributed by atoms with Crippen molar-refractivity contribution in [1.29, 1.82) is 0 Å². The summed E-state index contributed by atoms with van der Waals surface area (Å²) in [7, 11) is 0. The van der Waals surface area contributed by atoms with E-state index in [0.29, 0.717) is 33.7 Å². The number of hydrazone groups is 1. The molecule has 3 aromatic rings. The van der Waals surface area contributed by atoms with Crippen LogP contribution in [0.4, 0.5) is 4.39 Å². The maximum atomic E-state index is 14.0. The normalized spacial score (nSPS) is 11.9. The van der Waals surface area contributed by atoms with Gasteiger partial charge in [-0.25, -0.2) is 9.82 Å². The van der Waals surface area contributed by atoms with Crippen LogP contribution in [0, 0.1) is 11.7 Å². The van der Waals surface area contributed by atoms with Crippen molar-refractivity contribution in [2.24, 2.45) is 11.0 Å². The molecule has 0 aromatic heterocycles. The summed E-state index contributed by atoms with van der Waals surface area (Å²) >= 11 is 12.2. The molecule has 1 atom stereocenters. The van der Waals surface area contributed by atoms with Crippen molar-refractivity contribution in [2.45, 2.75) is 33.4 Å². The summed E-state index contributed by atoms with van der Waals surface area (Å²) < 4.78 is 25.6. The fraction of sp³-hybridized carbons (Fsp3) is 0.250. The van der Waals surface area contributed by atoms with Crippen LogP contribution in [0.2, 0.25) is 10.0 Å². The highest BCUT2D eigenvalue weighted by atomic mass is 35.5. The van der Waals surface area contributed by atoms with Crippen LogP contribution in [-0.4, -0.2) is 30.7 Å². The average Bonchev–Trinajstić information content (AvgIpc) is 2.87. The number of hydrogen-bond acceptors (Lipinski definition) is 5. The number of amides is 2. The van der Waals surface area contributed by atoms with Crippen LogP contribution in [0.5, 0.6) is 11.5 Å². The van der Waals surface area contributed by atoms with Gasteiger partial charge >= 0.3 is 0 Å². The summed E-state index contributed by atoms with van der Waals surface area (Å²) in [5.41, 5.74) is 3.70. The molecule has 0 bridgehead atoms. The van der Waals surface area contributed by atoms with Crippen LogP contribution in [0.1, 0.15) is 42.3 Å². The largest absolute Gasteiger partial charge is 0.490 e. The molecular weight excluding hydrogens is 532 g/mol. The molecule has 38 heavy (non-hydrogen) atoms. The number of rotatable bonds is 11. The summed E-state index contributed by atoms with van der Waals surface area (Å²) in [5.74, 6) is -1.15. The van der Waals surface area contributed by atoms with E-state index in [0.717, 1.165) is 5.56 Å². The number of nitrogens with zero attached hydrogens (tertiary/aromatic N) is 1. The van der Waals surface area contributed by atoms with Crippen molar-refractivity contribution >= 4 is 41.2 Å². The van der Waals surface area contributed by atoms with Crippen LogP contribution >= 0.6 is 23.2 Å². The number of carbonyl (C=O) groups is 2. The van der Waals surface area contributed by atoms with Gasteiger partial charge in [0.15, 0.2) is 11.5 Å². The second-order valence-corrected chi connectivity index (χ2v) is 9.42. The summed E-state index contributed by atoms with van der Waals surface area (Å²) in [5, 5.41) is 7.62. The van der Waals surface area contributed by atoms with Gasteiger partial charge < -0.3 is 14.8 Å². The number of ether oxygens (including phenoxy) is 2. The first-order valence-electron chi connectivity index (χ1n) is 11.9. The highest BCUT2D eigenvalue weighted by molar-refractivity contribution is 6.35. The lowest BCUT2D eigenvalue weighted by molar-refractivity contribution is -0.123. The number of benzene rings is 3. The van der Waals surface area contributed by atoms with Gasteiger partial charge in [-0.2, -0.15) is 5.10 Å². The van der Waals surface area contributed by atoms with Crippen molar-refractivity contribution in [3.8, 4) is 11.5 Å². The zero-order chi connectivity index (χ0) is 27.7. The van der Waals surface area contributed by atoms with Crippen LogP contribution in [0.15, 0.2) is 65.8 Å². The first-order chi connectivity index (χ1) is 18.2. The average molecular weight is 560 g/mol. The molecule has 0 fully saturated rings. The van der Waals surface area contributed by atoms with E-state index in [2.05, 4.69) is 15.8 Å². The Bertz CT molecular complexity index is 1320. The van der Waals surface area contributed by atoms with Gasteiger partial charge in [0.05, 0.1) is 18.4 Å². The topological polar surface area (TPSA) is 89.0 Å². The van der Waals surface area contributed by atoms with E-state index < -0.39 is 23.7 Å². The van der Waals surface area contributed by atoms with Gasteiger partial charge in [-0.05, 0) is 60.9 Å². The minimum absolute atomic E-state index is 0.140. The Morgan fingerprint density at radius 3 is 2.47 bits per heavy atom. The van der Waals surface area contributed by atoms with Crippen molar-refractivity contribution in [3.63, 3.8) is 0 Å². The molecule has 0 saturated heterocycles. The quantitative estimate of drug-likeness (QED) is 0.222. The maximum Gasteiger partial charge on any atom is 0.262 e. The van der Waals surface area contributed by atoms with E-state index in [4.69, 9.17) is 32.7 Å². The van der Waals surface area contributed by atoms with Crippen molar-refractivity contribution in [2.75, 3.05) is 6.61 Å². The number of carbonyl (C=O) groups excluding carboxylic acids is 2. The fourth-order valence-corrected chi connectivity index (χ4v) is 3.89. The van der Waals surface area contributed by atoms with E-state index in [-0.39, 0.29) is 18.1 Å². The van der Waals surface area contributed by atoms with Gasteiger partial charge in [-0.15, -0.1) is 0 Å². The highest BCUT2D eigenvalue weighted by Gasteiger charge is 2.25. The molecule has 0 radical (unpaired) electrons. The molecule has 3 rings (SSSR count). The molecular formula is C28H28Cl2FN3O4. The predicted octanol–water partition coefficient (Wildman–Crippen LogP) is 6.01. The Morgan fingerprint density at radius 2 is 1.79 bits per heavy atom. The molecule has 7 nitrogen and oxygen atoms in total. The molecule has 0 aliphatic carbocycles. The van der Waals surface area contributed by atoms with Crippen molar-refractivity contribution in [1.82, 2.24) is 10.7 Å². The zero-order valence-corrected chi connectivity index (χ0v) is 22.6. The SMILES string of the molecule is CCOc1cc(C=NNC(=O)C(NC(=O)c2ccccc2F)C(C)C)ccc1OCc1ccc(Cl)cc1Cl. The maximum absolute atomic E-state index is 14.0. The fourth-order valence-electron chi connectivity index (χ4n) is 3.43. The van der Waals surface area contributed by atoms with Crippen LogP contribution < -0.4 is 20.2 Å². The van der Waals surface area contributed by atoms with E-state index in [9.17, 15) is 14.0 Å².